The fraction of sp³-hybridized carbons (Fsp3) is 0.727. The fourth-order valence-electron chi connectivity index (χ4n) is 1.27. The molecule has 0 aliphatic heterocycles. The van der Waals surface area contributed by atoms with E-state index in [0.29, 0.717) is 0 Å². The molecule has 0 spiro atoms. The van der Waals surface area contributed by atoms with Crippen LogP contribution < -0.4 is 0 Å². The molecular weight excluding hydrogens is 180 g/mol. The number of rotatable bonds is 3. The average molecular weight is 198 g/mol. The van der Waals surface area contributed by atoms with E-state index in [1.54, 1.807) is 0 Å². The lowest BCUT2D eigenvalue weighted by Crippen LogP contribution is -2.17. The van der Waals surface area contributed by atoms with Crippen LogP contribution in [-0.4, -0.2) is 23.8 Å². The number of carbonyl (C=O) groups is 1. The molecule has 0 heterocycles. The highest BCUT2D eigenvalue weighted by molar-refractivity contribution is 5.68. The number of aliphatic carboxylic acids is 1. The van der Waals surface area contributed by atoms with Crippen LogP contribution in [0.5, 0.6) is 0 Å². The summed E-state index contributed by atoms with van der Waals surface area (Å²) in [6.07, 6.45) is 5.00. The Morgan fingerprint density at radius 2 is 2.21 bits per heavy atom. The molecule has 1 aliphatic carbocycles. The van der Waals surface area contributed by atoms with E-state index in [-0.39, 0.29) is 20.1 Å². The maximum absolute atomic E-state index is 10.2. The Bertz CT molecular complexity index is 224. The fourth-order valence-corrected chi connectivity index (χ4v) is 1.27. The first-order valence-electron chi connectivity index (χ1n) is 4.61. The van der Waals surface area contributed by atoms with Crippen LogP contribution >= 0.6 is 0 Å². The second-order valence-electron chi connectivity index (χ2n) is 3.11. The standard InChI is InChI=1S/C10H14O3.CH4/c11-10(12)8-13-9-6-4-2-1-3-5-7-9;/h9H,1-4,6,8H2,(H,11,12);1H4. The van der Waals surface area contributed by atoms with Crippen LogP contribution in [0.3, 0.4) is 0 Å². The topological polar surface area (TPSA) is 46.5 Å². The molecule has 0 saturated carbocycles. The molecule has 0 amide bonds. The quantitative estimate of drug-likeness (QED) is 0.706. The van der Waals surface area contributed by atoms with Crippen LogP contribution in [0.1, 0.15) is 39.5 Å². The Kier molecular flexibility index (Phi) is 6.87. The van der Waals surface area contributed by atoms with E-state index in [4.69, 9.17) is 9.84 Å². The second kappa shape index (κ2) is 7.40. The van der Waals surface area contributed by atoms with Crippen molar-refractivity contribution in [3.05, 3.63) is 0 Å². The summed E-state index contributed by atoms with van der Waals surface area (Å²) in [6.45, 7) is -0.237. The monoisotopic (exact) mass is 198 g/mol. The zero-order chi connectivity index (χ0) is 9.52. The minimum Gasteiger partial charge on any atom is -0.480 e. The van der Waals surface area contributed by atoms with Gasteiger partial charge in [0.05, 0.1) is 0 Å². The Hall–Kier alpha value is -1.01. The highest BCUT2D eigenvalue weighted by Crippen LogP contribution is 2.10. The van der Waals surface area contributed by atoms with Crippen molar-refractivity contribution in [3.8, 4) is 11.8 Å². The summed E-state index contributed by atoms with van der Waals surface area (Å²) in [4.78, 5) is 10.2. The van der Waals surface area contributed by atoms with E-state index >= 15 is 0 Å². The van der Waals surface area contributed by atoms with Gasteiger partial charge in [-0.25, -0.2) is 4.79 Å². The van der Waals surface area contributed by atoms with Gasteiger partial charge in [0, 0.05) is 6.42 Å². The molecule has 1 unspecified atom stereocenters. The molecule has 1 rings (SSSR count). The summed E-state index contributed by atoms with van der Waals surface area (Å²) in [6, 6.07) is 0. The van der Waals surface area contributed by atoms with Crippen molar-refractivity contribution in [2.45, 2.75) is 45.6 Å². The number of ether oxygens (including phenoxy) is 1. The summed E-state index contributed by atoms with van der Waals surface area (Å²) in [5.74, 6) is 5.01. The lowest BCUT2D eigenvalue weighted by atomic mass is 10.1. The Morgan fingerprint density at radius 1 is 1.43 bits per heavy atom. The molecule has 3 heteroatoms. The third kappa shape index (κ3) is 5.60. The van der Waals surface area contributed by atoms with Crippen molar-refractivity contribution in [2.24, 2.45) is 0 Å². The predicted octanol–water partition coefficient (Wildman–Crippen LogP) is 2.06. The molecule has 0 aromatic carbocycles. The normalized spacial score (nSPS) is 20.7. The van der Waals surface area contributed by atoms with Gasteiger partial charge in [-0.3, -0.25) is 0 Å². The van der Waals surface area contributed by atoms with Gasteiger partial charge in [-0.2, -0.15) is 0 Å². The second-order valence-corrected chi connectivity index (χ2v) is 3.11. The summed E-state index contributed by atoms with van der Waals surface area (Å²) in [7, 11) is 0. The van der Waals surface area contributed by atoms with Gasteiger partial charge >= 0.3 is 5.97 Å². The van der Waals surface area contributed by atoms with E-state index < -0.39 is 5.97 Å². The molecule has 14 heavy (non-hydrogen) atoms. The lowest BCUT2D eigenvalue weighted by Gasteiger charge is -2.11. The van der Waals surface area contributed by atoms with Crippen LogP contribution in [-0.2, 0) is 9.53 Å². The Morgan fingerprint density at radius 3 is 2.93 bits per heavy atom. The van der Waals surface area contributed by atoms with E-state index in [0.717, 1.165) is 25.7 Å². The molecule has 0 radical (unpaired) electrons. The third-order valence-corrected chi connectivity index (χ3v) is 1.94. The van der Waals surface area contributed by atoms with Gasteiger partial charge in [0.25, 0.3) is 0 Å². The van der Waals surface area contributed by atoms with E-state index in [1.165, 1.54) is 6.42 Å². The number of hydrogen-bond acceptors (Lipinski definition) is 2. The molecule has 0 aromatic heterocycles. The van der Waals surface area contributed by atoms with Crippen molar-refractivity contribution >= 4 is 5.97 Å². The highest BCUT2D eigenvalue weighted by Gasteiger charge is 2.08. The van der Waals surface area contributed by atoms with E-state index in [9.17, 15) is 4.79 Å². The van der Waals surface area contributed by atoms with Gasteiger partial charge < -0.3 is 9.84 Å². The Balaban J connectivity index is 0.00000169. The maximum atomic E-state index is 10.2. The van der Waals surface area contributed by atoms with Crippen molar-refractivity contribution in [3.63, 3.8) is 0 Å². The zero-order valence-electron chi connectivity index (χ0n) is 7.58. The summed E-state index contributed by atoms with van der Waals surface area (Å²) in [5.41, 5.74) is 0. The van der Waals surface area contributed by atoms with Crippen molar-refractivity contribution in [1.82, 2.24) is 0 Å². The number of hydrogen-bond donors (Lipinski definition) is 1. The maximum Gasteiger partial charge on any atom is 0.329 e. The molecule has 1 atom stereocenters. The van der Waals surface area contributed by atoms with Gasteiger partial charge in [-0.05, 0) is 19.3 Å². The van der Waals surface area contributed by atoms with Gasteiger partial charge in [-0.1, -0.05) is 19.8 Å². The first-order chi connectivity index (χ1) is 6.29. The van der Waals surface area contributed by atoms with Crippen LogP contribution in [0.25, 0.3) is 0 Å². The molecule has 0 aromatic rings. The molecule has 1 N–H and O–H groups in total. The molecule has 1 aliphatic rings. The predicted molar refractivity (Wildman–Crippen MR) is 55.0 cm³/mol. The average Bonchev–Trinajstić information content (AvgIpc) is 2.01. The molecule has 0 saturated heterocycles. The first-order valence-corrected chi connectivity index (χ1v) is 4.61. The zero-order valence-corrected chi connectivity index (χ0v) is 7.58. The van der Waals surface area contributed by atoms with Crippen LogP contribution in [0.2, 0.25) is 0 Å². The molecule has 80 valence electrons. The first kappa shape index (κ1) is 13.0. The van der Waals surface area contributed by atoms with Crippen molar-refractivity contribution in [2.75, 3.05) is 6.61 Å². The van der Waals surface area contributed by atoms with E-state index in [1.807, 2.05) is 0 Å². The smallest absolute Gasteiger partial charge is 0.329 e. The molecule has 3 nitrogen and oxygen atoms in total. The van der Waals surface area contributed by atoms with Gasteiger partial charge in [0.2, 0.25) is 0 Å². The Labute approximate surface area is 85.5 Å². The number of carboxylic acid groups (broad SMARTS) is 1. The summed E-state index contributed by atoms with van der Waals surface area (Å²) in [5, 5.41) is 8.40. The summed E-state index contributed by atoms with van der Waals surface area (Å²) < 4.78 is 5.11. The summed E-state index contributed by atoms with van der Waals surface area (Å²) >= 11 is 0. The van der Waals surface area contributed by atoms with Crippen molar-refractivity contribution in [1.29, 1.82) is 0 Å². The van der Waals surface area contributed by atoms with Gasteiger partial charge in [0.15, 0.2) is 0 Å². The largest absolute Gasteiger partial charge is 0.480 e. The van der Waals surface area contributed by atoms with Crippen LogP contribution in [0.4, 0.5) is 0 Å². The molecular formula is C11H18O3. The minimum absolute atomic E-state index is 0. The molecule has 0 fully saturated rings. The third-order valence-electron chi connectivity index (χ3n) is 1.94. The SMILES string of the molecule is C.O=C(O)COC1C#CCCCCC1. The van der Waals surface area contributed by atoms with Crippen LogP contribution in [0.15, 0.2) is 0 Å². The molecule has 0 bridgehead atoms. The highest BCUT2D eigenvalue weighted by atomic mass is 16.5. The van der Waals surface area contributed by atoms with E-state index in [2.05, 4.69) is 11.8 Å². The van der Waals surface area contributed by atoms with Crippen LogP contribution in [0, 0.1) is 11.8 Å². The lowest BCUT2D eigenvalue weighted by molar-refractivity contribution is -0.143. The van der Waals surface area contributed by atoms with Gasteiger partial charge in [0.1, 0.15) is 12.7 Å². The van der Waals surface area contributed by atoms with Crippen molar-refractivity contribution < 1.29 is 14.6 Å². The number of carboxylic acids is 1. The minimum atomic E-state index is -0.927. The van der Waals surface area contributed by atoms with Gasteiger partial charge in [-0.15, -0.1) is 5.92 Å².